The summed E-state index contributed by atoms with van der Waals surface area (Å²) < 4.78 is 6.78. The topological polar surface area (TPSA) is 116 Å². The van der Waals surface area contributed by atoms with E-state index in [0.29, 0.717) is 22.2 Å². The number of nitrogens with one attached hydrogen (secondary N) is 1. The molecule has 2 aromatic carbocycles. The summed E-state index contributed by atoms with van der Waals surface area (Å²) in [6.45, 7) is 0. The maximum absolute atomic E-state index is 12.4. The van der Waals surface area contributed by atoms with Gasteiger partial charge in [-0.15, -0.1) is 11.3 Å². The molecule has 2 aromatic heterocycles. The summed E-state index contributed by atoms with van der Waals surface area (Å²) in [5, 5.41) is 21.5. The first-order chi connectivity index (χ1) is 14.5. The Bertz CT molecular complexity index is 1290. The van der Waals surface area contributed by atoms with Crippen LogP contribution in [0.4, 0.5) is 5.69 Å². The van der Waals surface area contributed by atoms with E-state index in [2.05, 4.69) is 10.3 Å². The van der Waals surface area contributed by atoms with Gasteiger partial charge in [-0.1, -0.05) is 12.1 Å². The highest BCUT2D eigenvalue weighted by molar-refractivity contribution is 7.21. The Balaban J connectivity index is 1.53. The fourth-order valence-electron chi connectivity index (χ4n) is 2.71. The van der Waals surface area contributed by atoms with Crippen LogP contribution in [0.5, 0.6) is 0 Å². The van der Waals surface area contributed by atoms with Gasteiger partial charge in [0.15, 0.2) is 10.8 Å². The molecular weight excluding hydrogens is 402 g/mol. The van der Waals surface area contributed by atoms with Crippen LogP contribution < -0.4 is 5.32 Å². The molecule has 4 aromatic rings. The molecule has 0 aliphatic carbocycles. The Morgan fingerprint density at radius 3 is 2.57 bits per heavy atom. The Labute approximate surface area is 174 Å². The molecule has 0 radical (unpaired) electrons. The largest absolute Gasteiger partial charge is 0.478 e. The molecule has 0 unspecified atom stereocenters. The molecule has 0 atom stereocenters. The van der Waals surface area contributed by atoms with Crippen LogP contribution in [0.3, 0.4) is 0 Å². The molecule has 1 amide bonds. The van der Waals surface area contributed by atoms with E-state index in [1.807, 2.05) is 30.3 Å². The standard InChI is InChI=1S/C22H13N3O4S/c23-12-14(20(26)24-15-7-5-13(6-8-15)22(27)28)11-16-9-10-18(29-16)21-25-17-3-1-2-4-19(17)30-21/h1-11H,(H,24,26)(H,27,28)/b14-11+. The minimum Gasteiger partial charge on any atom is -0.478 e. The number of hydrogen-bond donors (Lipinski definition) is 2. The molecule has 2 heterocycles. The number of fused-ring (bicyclic) bond motifs is 1. The number of nitriles is 1. The number of anilines is 1. The van der Waals surface area contributed by atoms with Crippen LogP contribution in [0.1, 0.15) is 16.1 Å². The van der Waals surface area contributed by atoms with Gasteiger partial charge < -0.3 is 14.8 Å². The second kappa shape index (κ2) is 8.03. The van der Waals surface area contributed by atoms with Gasteiger partial charge in [0.1, 0.15) is 17.4 Å². The molecule has 0 aliphatic heterocycles. The first kappa shape index (κ1) is 19.1. The van der Waals surface area contributed by atoms with E-state index in [1.54, 1.807) is 12.1 Å². The summed E-state index contributed by atoms with van der Waals surface area (Å²) in [4.78, 5) is 27.8. The SMILES string of the molecule is N#C/C(=C\c1ccc(-c2nc3ccccc3s2)o1)C(=O)Nc1ccc(C(=O)O)cc1. The number of carboxylic acid groups (broad SMARTS) is 1. The lowest BCUT2D eigenvalue weighted by Crippen LogP contribution is -2.13. The van der Waals surface area contributed by atoms with Crippen molar-refractivity contribution in [3.63, 3.8) is 0 Å². The number of carbonyl (C=O) groups excluding carboxylic acids is 1. The van der Waals surface area contributed by atoms with Gasteiger partial charge in [0.25, 0.3) is 5.91 Å². The number of aromatic carboxylic acids is 1. The zero-order valence-corrected chi connectivity index (χ0v) is 16.1. The monoisotopic (exact) mass is 415 g/mol. The van der Waals surface area contributed by atoms with E-state index < -0.39 is 11.9 Å². The van der Waals surface area contributed by atoms with Crippen molar-refractivity contribution in [2.75, 3.05) is 5.32 Å². The predicted molar refractivity (Wildman–Crippen MR) is 113 cm³/mol. The summed E-state index contributed by atoms with van der Waals surface area (Å²) in [6.07, 6.45) is 1.35. The van der Waals surface area contributed by atoms with Gasteiger partial charge >= 0.3 is 5.97 Å². The molecule has 0 saturated heterocycles. The first-order valence-corrected chi connectivity index (χ1v) is 9.57. The van der Waals surface area contributed by atoms with E-state index >= 15 is 0 Å². The third-order valence-electron chi connectivity index (χ3n) is 4.17. The molecule has 146 valence electrons. The highest BCUT2D eigenvalue weighted by atomic mass is 32.1. The predicted octanol–water partition coefficient (Wildman–Crippen LogP) is 4.80. The van der Waals surface area contributed by atoms with Crippen LogP contribution in [0, 0.1) is 11.3 Å². The minimum atomic E-state index is -1.06. The summed E-state index contributed by atoms with van der Waals surface area (Å²) in [5.74, 6) is -0.799. The molecule has 2 N–H and O–H groups in total. The fraction of sp³-hybridized carbons (Fsp3) is 0. The highest BCUT2D eigenvalue weighted by Crippen LogP contribution is 2.31. The number of aromatic nitrogens is 1. The van der Waals surface area contributed by atoms with Crippen molar-refractivity contribution in [3.05, 3.63) is 77.6 Å². The van der Waals surface area contributed by atoms with Crippen molar-refractivity contribution >= 4 is 45.2 Å². The fourth-order valence-corrected chi connectivity index (χ4v) is 3.64. The number of carbonyl (C=O) groups is 2. The Morgan fingerprint density at radius 2 is 1.87 bits per heavy atom. The molecule has 0 saturated carbocycles. The molecule has 0 aliphatic rings. The number of hydrogen-bond acceptors (Lipinski definition) is 6. The molecular formula is C22H13N3O4S. The molecule has 0 spiro atoms. The van der Waals surface area contributed by atoms with Crippen molar-refractivity contribution in [2.45, 2.75) is 0 Å². The molecule has 0 fully saturated rings. The lowest BCUT2D eigenvalue weighted by Gasteiger charge is -2.04. The number of rotatable bonds is 5. The first-order valence-electron chi connectivity index (χ1n) is 8.76. The summed E-state index contributed by atoms with van der Waals surface area (Å²) >= 11 is 1.49. The number of benzene rings is 2. The zero-order chi connectivity index (χ0) is 21.1. The number of amides is 1. The number of furan rings is 1. The zero-order valence-electron chi connectivity index (χ0n) is 15.3. The van der Waals surface area contributed by atoms with Crippen molar-refractivity contribution < 1.29 is 19.1 Å². The third kappa shape index (κ3) is 3.97. The number of para-hydroxylation sites is 1. The lowest BCUT2D eigenvalue weighted by atomic mass is 10.2. The third-order valence-corrected chi connectivity index (χ3v) is 5.22. The van der Waals surface area contributed by atoms with Gasteiger partial charge in [0.2, 0.25) is 0 Å². The average molecular weight is 415 g/mol. The molecule has 4 rings (SSSR count). The van der Waals surface area contributed by atoms with Gasteiger partial charge in [-0.2, -0.15) is 5.26 Å². The molecule has 7 nitrogen and oxygen atoms in total. The lowest BCUT2D eigenvalue weighted by molar-refractivity contribution is -0.112. The van der Waals surface area contributed by atoms with Crippen molar-refractivity contribution in [1.29, 1.82) is 5.26 Å². The smallest absolute Gasteiger partial charge is 0.335 e. The average Bonchev–Trinajstić information content (AvgIpc) is 3.39. The Kier molecular flexibility index (Phi) is 5.11. The highest BCUT2D eigenvalue weighted by Gasteiger charge is 2.13. The maximum atomic E-state index is 12.4. The van der Waals surface area contributed by atoms with Crippen molar-refractivity contribution in [1.82, 2.24) is 4.98 Å². The second-order valence-electron chi connectivity index (χ2n) is 6.20. The molecule has 30 heavy (non-hydrogen) atoms. The van der Waals surface area contributed by atoms with Crippen molar-refractivity contribution in [3.8, 4) is 16.8 Å². The minimum absolute atomic E-state index is 0.0991. The van der Waals surface area contributed by atoms with E-state index in [4.69, 9.17) is 9.52 Å². The van der Waals surface area contributed by atoms with Crippen molar-refractivity contribution in [2.24, 2.45) is 0 Å². The van der Waals surface area contributed by atoms with Crippen LogP contribution in [0.15, 0.2) is 70.7 Å². The van der Waals surface area contributed by atoms with Crippen LogP contribution in [0.2, 0.25) is 0 Å². The Morgan fingerprint density at radius 1 is 1.10 bits per heavy atom. The van der Waals surface area contributed by atoms with Crippen LogP contribution in [0.25, 0.3) is 27.1 Å². The van der Waals surface area contributed by atoms with E-state index in [0.717, 1.165) is 10.2 Å². The second-order valence-corrected chi connectivity index (χ2v) is 7.23. The van der Waals surface area contributed by atoms with Crippen LogP contribution in [-0.2, 0) is 4.79 Å². The van der Waals surface area contributed by atoms with Gasteiger partial charge in [-0.25, -0.2) is 9.78 Å². The van der Waals surface area contributed by atoms with Gasteiger partial charge in [-0.3, -0.25) is 4.79 Å². The van der Waals surface area contributed by atoms with Gasteiger partial charge in [0, 0.05) is 11.8 Å². The summed E-state index contributed by atoms with van der Waals surface area (Å²) in [7, 11) is 0. The number of carboxylic acids is 1. The van der Waals surface area contributed by atoms with E-state index in [-0.39, 0.29) is 11.1 Å². The van der Waals surface area contributed by atoms with Gasteiger partial charge in [-0.05, 0) is 48.5 Å². The maximum Gasteiger partial charge on any atom is 0.335 e. The normalized spacial score (nSPS) is 11.2. The number of nitrogens with zero attached hydrogens (tertiary/aromatic N) is 2. The van der Waals surface area contributed by atoms with E-state index in [9.17, 15) is 14.9 Å². The number of thiazole rings is 1. The van der Waals surface area contributed by atoms with E-state index in [1.165, 1.54) is 41.7 Å². The quantitative estimate of drug-likeness (QED) is 0.357. The van der Waals surface area contributed by atoms with Crippen LogP contribution in [-0.4, -0.2) is 22.0 Å². The van der Waals surface area contributed by atoms with Crippen LogP contribution >= 0.6 is 11.3 Å². The summed E-state index contributed by atoms with van der Waals surface area (Å²) in [5.41, 5.74) is 1.20. The van der Waals surface area contributed by atoms with Gasteiger partial charge in [0.05, 0.1) is 15.8 Å². The molecule has 0 bridgehead atoms. The Hall–Kier alpha value is -4.22. The summed E-state index contributed by atoms with van der Waals surface area (Å²) in [6, 6.07) is 18.6. The molecule has 8 heteroatoms.